The van der Waals surface area contributed by atoms with Crippen LogP contribution in [0.25, 0.3) is 0 Å². The van der Waals surface area contributed by atoms with Crippen LogP contribution >= 0.6 is 0 Å². The molecule has 0 saturated carbocycles. The summed E-state index contributed by atoms with van der Waals surface area (Å²) in [5.74, 6) is 0.260. The van der Waals surface area contributed by atoms with E-state index in [1.54, 1.807) is 25.1 Å². The number of amides is 4. The molecule has 2 atom stereocenters. The molecule has 178 valence electrons. The van der Waals surface area contributed by atoms with Gasteiger partial charge in [0.25, 0.3) is 5.91 Å². The van der Waals surface area contributed by atoms with E-state index in [2.05, 4.69) is 22.8 Å². The summed E-state index contributed by atoms with van der Waals surface area (Å²) in [5, 5.41) is 5.67. The van der Waals surface area contributed by atoms with Gasteiger partial charge in [-0.2, -0.15) is 0 Å². The maximum atomic E-state index is 13.2. The highest BCUT2D eigenvalue weighted by Crippen LogP contribution is 2.36. The molecule has 0 bridgehead atoms. The van der Waals surface area contributed by atoms with Crippen molar-refractivity contribution in [2.45, 2.75) is 51.1 Å². The first-order valence-electron chi connectivity index (χ1n) is 11.8. The Bertz CT molecular complexity index is 1160. The fraction of sp³-hybridized carbons (Fsp3) is 0.423. The summed E-state index contributed by atoms with van der Waals surface area (Å²) in [6.45, 7) is 4.08. The van der Waals surface area contributed by atoms with Crippen LogP contribution in [0, 0.1) is 0 Å². The quantitative estimate of drug-likeness (QED) is 0.665. The van der Waals surface area contributed by atoms with Gasteiger partial charge in [-0.1, -0.05) is 24.3 Å². The molecule has 0 aromatic heterocycles. The number of nitrogens with one attached hydrogen (secondary N) is 2. The van der Waals surface area contributed by atoms with Crippen molar-refractivity contribution in [3.05, 3.63) is 58.7 Å². The summed E-state index contributed by atoms with van der Waals surface area (Å²) in [6, 6.07) is 10.7. The van der Waals surface area contributed by atoms with Gasteiger partial charge in [0.1, 0.15) is 25.3 Å². The minimum atomic E-state index is -1.29. The molecule has 2 unspecified atom stereocenters. The van der Waals surface area contributed by atoms with Crippen LogP contribution in [0.3, 0.4) is 0 Å². The number of imide groups is 1. The van der Waals surface area contributed by atoms with E-state index < -0.39 is 17.5 Å². The van der Waals surface area contributed by atoms with Crippen molar-refractivity contribution in [1.82, 2.24) is 15.5 Å². The molecule has 5 rings (SSSR count). The van der Waals surface area contributed by atoms with Crippen molar-refractivity contribution in [2.75, 3.05) is 19.8 Å². The number of rotatable bonds is 5. The SMILES string of the molecule is CC(NC(=O)CN1C(=O)NC(C)(c2ccc3c(c2)OCCO3)C1=O)c1ccc2c(c1)CCCC2. The van der Waals surface area contributed by atoms with Crippen molar-refractivity contribution >= 4 is 17.8 Å². The third-order valence-corrected chi connectivity index (χ3v) is 6.95. The average molecular weight is 464 g/mol. The molecule has 2 heterocycles. The molecule has 2 aromatic rings. The summed E-state index contributed by atoms with van der Waals surface area (Å²) in [4.78, 5) is 39.7. The van der Waals surface area contributed by atoms with Gasteiger partial charge in [-0.05, 0) is 73.9 Å². The topological polar surface area (TPSA) is 97.0 Å². The lowest BCUT2D eigenvalue weighted by atomic mass is 9.89. The molecule has 0 radical (unpaired) electrons. The zero-order valence-corrected chi connectivity index (χ0v) is 19.5. The second kappa shape index (κ2) is 8.66. The van der Waals surface area contributed by atoms with Gasteiger partial charge < -0.3 is 20.1 Å². The van der Waals surface area contributed by atoms with Crippen LogP contribution in [-0.2, 0) is 28.0 Å². The lowest BCUT2D eigenvalue weighted by Gasteiger charge is -2.25. The molecule has 1 fully saturated rings. The van der Waals surface area contributed by atoms with Gasteiger partial charge in [0.15, 0.2) is 11.5 Å². The van der Waals surface area contributed by atoms with Crippen LogP contribution in [0.5, 0.6) is 11.5 Å². The maximum absolute atomic E-state index is 13.2. The van der Waals surface area contributed by atoms with E-state index in [0.29, 0.717) is 30.3 Å². The Hall–Kier alpha value is -3.55. The number of hydrogen-bond acceptors (Lipinski definition) is 5. The van der Waals surface area contributed by atoms with Gasteiger partial charge in [0.2, 0.25) is 5.91 Å². The number of ether oxygens (including phenoxy) is 2. The van der Waals surface area contributed by atoms with Crippen LogP contribution in [-0.4, -0.2) is 42.5 Å². The van der Waals surface area contributed by atoms with Gasteiger partial charge in [0.05, 0.1) is 6.04 Å². The molecule has 8 nitrogen and oxygen atoms in total. The average Bonchev–Trinajstić information content (AvgIpc) is 3.07. The van der Waals surface area contributed by atoms with E-state index in [0.717, 1.165) is 23.3 Å². The van der Waals surface area contributed by atoms with Gasteiger partial charge in [-0.15, -0.1) is 0 Å². The fourth-order valence-corrected chi connectivity index (χ4v) is 4.93. The van der Waals surface area contributed by atoms with Crippen LogP contribution in [0.1, 0.15) is 55.0 Å². The molecule has 8 heteroatoms. The smallest absolute Gasteiger partial charge is 0.325 e. The molecule has 2 aliphatic heterocycles. The van der Waals surface area contributed by atoms with Crippen LogP contribution < -0.4 is 20.1 Å². The van der Waals surface area contributed by atoms with Crippen molar-refractivity contribution in [2.24, 2.45) is 0 Å². The molecule has 1 saturated heterocycles. The predicted molar refractivity (Wildman–Crippen MR) is 125 cm³/mol. The second-order valence-electron chi connectivity index (χ2n) is 9.33. The minimum Gasteiger partial charge on any atom is -0.486 e. The van der Waals surface area contributed by atoms with Crippen molar-refractivity contribution in [3.8, 4) is 11.5 Å². The van der Waals surface area contributed by atoms with E-state index in [-0.39, 0.29) is 18.5 Å². The van der Waals surface area contributed by atoms with Crippen molar-refractivity contribution in [1.29, 1.82) is 0 Å². The maximum Gasteiger partial charge on any atom is 0.325 e. The molecule has 1 aliphatic carbocycles. The van der Waals surface area contributed by atoms with E-state index in [9.17, 15) is 14.4 Å². The summed E-state index contributed by atoms with van der Waals surface area (Å²) in [6.07, 6.45) is 4.57. The zero-order valence-electron chi connectivity index (χ0n) is 19.5. The molecule has 2 aromatic carbocycles. The minimum absolute atomic E-state index is 0.232. The highest BCUT2D eigenvalue weighted by molar-refractivity contribution is 6.09. The molecular formula is C26H29N3O5. The zero-order chi connectivity index (χ0) is 23.9. The fourth-order valence-electron chi connectivity index (χ4n) is 4.93. The van der Waals surface area contributed by atoms with Crippen molar-refractivity contribution in [3.63, 3.8) is 0 Å². The Morgan fingerprint density at radius 3 is 2.59 bits per heavy atom. The van der Waals surface area contributed by atoms with Gasteiger partial charge in [0, 0.05) is 0 Å². The van der Waals surface area contributed by atoms with Gasteiger partial charge >= 0.3 is 6.03 Å². The summed E-state index contributed by atoms with van der Waals surface area (Å²) >= 11 is 0. The largest absolute Gasteiger partial charge is 0.486 e. The van der Waals surface area contributed by atoms with Crippen LogP contribution in [0.2, 0.25) is 0 Å². The number of aryl methyl sites for hydroxylation is 2. The van der Waals surface area contributed by atoms with E-state index in [4.69, 9.17) is 9.47 Å². The Morgan fingerprint density at radius 1 is 1.06 bits per heavy atom. The highest BCUT2D eigenvalue weighted by atomic mass is 16.6. The van der Waals surface area contributed by atoms with Crippen LogP contribution in [0.4, 0.5) is 4.79 Å². The number of nitrogens with zero attached hydrogens (tertiary/aromatic N) is 1. The number of hydrogen-bond donors (Lipinski definition) is 2. The summed E-state index contributed by atoms with van der Waals surface area (Å²) in [7, 11) is 0. The van der Waals surface area contributed by atoms with E-state index in [1.807, 2.05) is 13.0 Å². The Balaban J connectivity index is 1.27. The lowest BCUT2D eigenvalue weighted by Crippen LogP contribution is -2.43. The molecule has 2 N–H and O–H groups in total. The molecule has 4 amide bonds. The normalized spacial score (nSPS) is 22.1. The first-order valence-corrected chi connectivity index (χ1v) is 11.8. The Labute approximate surface area is 198 Å². The highest BCUT2D eigenvalue weighted by Gasteiger charge is 2.49. The first kappa shape index (κ1) is 22.3. The molecule has 34 heavy (non-hydrogen) atoms. The van der Waals surface area contributed by atoms with Crippen LogP contribution in [0.15, 0.2) is 36.4 Å². The molecule has 0 spiro atoms. The van der Waals surface area contributed by atoms with Gasteiger partial charge in [-0.25, -0.2) is 4.79 Å². The third-order valence-electron chi connectivity index (χ3n) is 6.95. The lowest BCUT2D eigenvalue weighted by molar-refractivity contribution is -0.135. The molecular weight excluding hydrogens is 434 g/mol. The number of fused-ring (bicyclic) bond motifs is 2. The standard InChI is InChI=1S/C26H29N3O5/c1-16(18-8-7-17-5-3-4-6-19(17)13-18)27-23(30)15-29-24(31)26(2,28-25(29)32)20-9-10-21-22(14-20)34-12-11-33-21/h7-10,13-14,16H,3-6,11-12,15H2,1-2H3,(H,27,30)(H,28,32). The number of carbonyl (C=O) groups excluding carboxylic acids is 3. The van der Waals surface area contributed by atoms with Gasteiger partial charge in [-0.3, -0.25) is 14.5 Å². The first-order chi connectivity index (χ1) is 16.3. The predicted octanol–water partition coefficient (Wildman–Crippen LogP) is 2.98. The molecule has 3 aliphatic rings. The third kappa shape index (κ3) is 3.97. The van der Waals surface area contributed by atoms with Crippen molar-refractivity contribution < 1.29 is 23.9 Å². The van der Waals surface area contributed by atoms with E-state index in [1.165, 1.54) is 24.0 Å². The number of benzene rings is 2. The number of carbonyl (C=O) groups is 3. The summed E-state index contributed by atoms with van der Waals surface area (Å²) in [5.41, 5.74) is 3.02. The van der Waals surface area contributed by atoms with E-state index >= 15 is 0 Å². The summed E-state index contributed by atoms with van der Waals surface area (Å²) < 4.78 is 11.2. The Morgan fingerprint density at radius 2 is 1.79 bits per heavy atom. The second-order valence-corrected chi connectivity index (χ2v) is 9.33. The number of urea groups is 1. The monoisotopic (exact) mass is 463 g/mol. The Kier molecular flexibility index (Phi) is 5.67.